The zero-order valence-corrected chi connectivity index (χ0v) is 14.7. The molecule has 4 nitrogen and oxygen atoms in total. The molecule has 116 valence electrons. The Balaban J connectivity index is 1.86. The third kappa shape index (κ3) is 3.75. The number of benzene rings is 2. The molecule has 3 aromatic rings. The Labute approximate surface area is 150 Å². The zero-order valence-electron chi connectivity index (χ0n) is 11.6. The van der Waals surface area contributed by atoms with E-state index in [9.17, 15) is 5.11 Å². The van der Waals surface area contributed by atoms with Gasteiger partial charge < -0.3 is 5.11 Å². The van der Waals surface area contributed by atoms with E-state index in [1.54, 1.807) is 6.07 Å². The fourth-order valence-electron chi connectivity index (χ4n) is 1.97. The first-order chi connectivity index (χ1) is 11.0. The van der Waals surface area contributed by atoms with Gasteiger partial charge in [-0.1, -0.05) is 51.3 Å². The number of hydrogen-bond donors (Lipinski definition) is 2. The van der Waals surface area contributed by atoms with Crippen LogP contribution in [0.15, 0.2) is 51.9 Å². The molecule has 0 spiro atoms. The van der Waals surface area contributed by atoms with Gasteiger partial charge in [0.25, 0.3) is 0 Å². The van der Waals surface area contributed by atoms with Crippen LogP contribution in [0.1, 0.15) is 5.56 Å². The van der Waals surface area contributed by atoms with E-state index in [-0.39, 0.29) is 10.8 Å². The number of halogens is 3. The molecule has 0 atom stereocenters. The number of phenols is 1. The number of nitrogens with one attached hydrogen (secondary N) is 1. The lowest BCUT2D eigenvalue weighted by molar-refractivity contribution is 0.475. The van der Waals surface area contributed by atoms with Crippen molar-refractivity contribution in [3.05, 3.63) is 62.5 Å². The van der Waals surface area contributed by atoms with Crippen molar-refractivity contribution >= 4 is 51.2 Å². The molecule has 0 saturated heterocycles. The molecule has 7 heteroatoms. The van der Waals surface area contributed by atoms with E-state index >= 15 is 0 Å². The van der Waals surface area contributed by atoms with Crippen LogP contribution in [0.25, 0.3) is 11.3 Å². The van der Waals surface area contributed by atoms with Crippen LogP contribution in [-0.4, -0.2) is 21.5 Å². The summed E-state index contributed by atoms with van der Waals surface area (Å²) in [4.78, 5) is 4.23. The summed E-state index contributed by atoms with van der Waals surface area (Å²) in [6.07, 6.45) is 1.47. The van der Waals surface area contributed by atoms with E-state index in [2.05, 4.69) is 31.1 Å². The summed E-state index contributed by atoms with van der Waals surface area (Å²) >= 11 is 15.2. The minimum absolute atomic E-state index is 0.0662. The molecule has 1 heterocycles. The number of phenolic OH excluding ortho intramolecular Hbond substituents is 1. The average Bonchev–Trinajstić information content (AvgIpc) is 2.99. The molecule has 0 radical (unpaired) electrons. The van der Waals surface area contributed by atoms with Crippen molar-refractivity contribution in [2.75, 3.05) is 0 Å². The van der Waals surface area contributed by atoms with E-state index in [0.717, 1.165) is 15.7 Å². The number of rotatable bonds is 3. The van der Waals surface area contributed by atoms with E-state index in [4.69, 9.17) is 23.2 Å². The summed E-state index contributed by atoms with van der Waals surface area (Å²) in [6, 6.07) is 12.7. The van der Waals surface area contributed by atoms with Crippen LogP contribution in [0.2, 0.25) is 10.0 Å². The van der Waals surface area contributed by atoms with Gasteiger partial charge in [0.05, 0.1) is 10.7 Å². The number of nitrogens with zero attached hydrogens (tertiary/aromatic N) is 2. The monoisotopic (exact) mass is 409 g/mol. The van der Waals surface area contributed by atoms with Gasteiger partial charge in [-0.2, -0.15) is 5.10 Å². The van der Waals surface area contributed by atoms with E-state index < -0.39 is 0 Å². The second-order valence-corrected chi connectivity index (χ2v) is 6.49. The molecule has 0 amide bonds. The molecule has 23 heavy (non-hydrogen) atoms. The molecule has 2 aromatic carbocycles. The van der Waals surface area contributed by atoms with Gasteiger partial charge in [-0.3, -0.25) is 5.10 Å². The number of aromatic hydroxyl groups is 1. The highest BCUT2D eigenvalue weighted by molar-refractivity contribution is 9.10. The minimum atomic E-state index is -0.0662. The Morgan fingerprint density at radius 3 is 2.61 bits per heavy atom. The Hall–Kier alpha value is -1.82. The second-order valence-electron chi connectivity index (χ2n) is 4.73. The van der Waals surface area contributed by atoms with Crippen LogP contribution in [-0.2, 0) is 0 Å². The molecule has 0 fully saturated rings. The van der Waals surface area contributed by atoms with Crippen molar-refractivity contribution in [1.82, 2.24) is 10.2 Å². The van der Waals surface area contributed by atoms with Crippen molar-refractivity contribution in [2.45, 2.75) is 0 Å². The fourth-order valence-corrected chi connectivity index (χ4v) is 2.75. The normalized spacial score (nSPS) is 11.3. The Bertz CT molecular complexity index is 876. The lowest BCUT2D eigenvalue weighted by Crippen LogP contribution is -1.83. The van der Waals surface area contributed by atoms with Gasteiger partial charge in [-0.05, 0) is 29.8 Å². The highest BCUT2D eigenvalue weighted by atomic mass is 79.9. The maximum absolute atomic E-state index is 9.89. The van der Waals surface area contributed by atoms with Gasteiger partial charge >= 0.3 is 0 Å². The molecule has 0 saturated carbocycles. The highest BCUT2D eigenvalue weighted by Gasteiger charge is 2.07. The predicted molar refractivity (Wildman–Crippen MR) is 97.1 cm³/mol. The number of hydrogen-bond acceptors (Lipinski definition) is 3. The summed E-state index contributed by atoms with van der Waals surface area (Å²) in [5, 5.41) is 17.5. The maximum atomic E-state index is 9.89. The summed E-state index contributed by atoms with van der Waals surface area (Å²) in [5.41, 5.74) is 2.27. The van der Waals surface area contributed by atoms with E-state index in [1.165, 1.54) is 12.3 Å². The summed E-state index contributed by atoms with van der Waals surface area (Å²) in [5.74, 6) is 0.418. The van der Waals surface area contributed by atoms with Crippen LogP contribution in [0.4, 0.5) is 5.82 Å². The first-order valence-electron chi connectivity index (χ1n) is 6.56. The van der Waals surface area contributed by atoms with Crippen LogP contribution in [0, 0.1) is 0 Å². The van der Waals surface area contributed by atoms with Gasteiger partial charge in [0, 0.05) is 27.3 Å². The van der Waals surface area contributed by atoms with Crippen molar-refractivity contribution in [2.24, 2.45) is 4.99 Å². The van der Waals surface area contributed by atoms with Crippen molar-refractivity contribution in [3.8, 4) is 17.0 Å². The van der Waals surface area contributed by atoms with Gasteiger partial charge in [0.15, 0.2) is 5.82 Å². The predicted octanol–water partition coefficient (Wildman–Crippen LogP) is 5.60. The number of aromatic amines is 1. The lowest BCUT2D eigenvalue weighted by atomic mass is 10.1. The fraction of sp³-hybridized carbons (Fsp3) is 0. The van der Waals surface area contributed by atoms with Crippen LogP contribution in [0.3, 0.4) is 0 Å². The van der Waals surface area contributed by atoms with Gasteiger partial charge in [0.2, 0.25) is 0 Å². The minimum Gasteiger partial charge on any atom is -0.506 e. The van der Waals surface area contributed by atoms with Crippen molar-refractivity contribution in [3.63, 3.8) is 0 Å². The van der Waals surface area contributed by atoms with Gasteiger partial charge in [-0.25, -0.2) is 4.99 Å². The number of aromatic nitrogens is 2. The lowest BCUT2D eigenvalue weighted by Gasteiger charge is -2.01. The molecule has 3 rings (SSSR count). The topological polar surface area (TPSA) is 61.3 Å². The van der Waals surface area contributed by atoms with Crippen molar-refractivity contribution in [1.29, 1.82) is 0 Å². The quantitative estimate of drug-likeness (QED) is 0.551. The largest absolute Gasteiger partial charge is 0.506 e. The standard InChI is InChI=1S/C16H10BrCl2N3O/c17-11-3-1-9(2-4-11)14-7-15(22-21-14)20-8-10-5-12(18)6-13(19)16(10)23/h1-8,23H,(H,21,22). The smallest absolute Gasteiger partial charge is 0.174 e. The van der Waals surface area contributed by atoms with E-state index in [0.29, 0.717) is 16.4 Å². The highest BCUT2D eigenvalue weighted by Crippen LogP contribution is 2.30. The SMILES string of the molecule is Oc1c(Cl)cc(Cl)cc1C=Nc1cc(-c2ccc(Br)cc2)[nH]n1. The van der Waals surface area contributed by atoms with Crippen LogP contribution < -0.4 is 0 Å². The molecular formula is C16H10BrCl2N3O. The first kappa shape index (κ1) is 16.1. The average molecular weight is 411 g/mol. The number of aliphatic imine (C=N–C) groups is 1. The molecule has 0 unspecified atom stereocenters. The Morgan fingerprint density at radius 1 is 1.13 bits per heavy atom. The summed E-state index contributed by atoms with van der Waals surface area (Å²) in [6.45, 7) is 0. The molecular weight excluding hydrogens is 401 g/mol. The Morgan fingerprint density at radius 2 is 1.87 bits per heavy atom. The zero-order chi connectivity index (χ0) is 16.4. The third-order valence-electron chi connectivity index (χ3n) is 3.11. The first-order valence-corrected chi connectivity index (χ1v) is 8.11. The third-order valence-corrected chi connectivity index (χ3v) is 4.15. The van der Waals surface area contributed by atoms with Gasteiger partial charge in [0.1, 0.15) is 5.75 Å². The van der Waals surface area contributed by atoms with Crippen LogP contribution >= 0.6 is 39.1 Å². The second kappa shape index (κ2) is 6.74. The van der Waals surface area contributed by atoms with E-state index in [1.807, 2.05) is 30.3 Å². The molecule has 0 aliphatic carbocycles. The molecule has 0 aliphatic rings. The summed E-state index contributed by atoms with van der Waals surface area (Å²) in [7, 11) is 0. The van der Waals surface area contributed by atoms with Crippen molar-refractivity contribution < 1.29 is 5.11 Å². The number of H-pyrrole nitrogens is 1. The van der Waals surface area contributed by atoms with Gasteiger partial charge in [-0.15, -0.1) is 0 Å². The van der Waals surface area contributed by atoms with Crippen LogP contribution in [0.5, 0.6) is 5.75 Å². The molecule has 0 bridgehead atoms. The molecule has 2 N–H and O–H groups in total. The molecule has 1 aromatic heterocycles. The Kier molecular flexibility index (Phi) is 4.71. The maximum Gasteiger partial charge on any atom is 0.174 e. The summed E-state index contributed by atoms with van der Waals surface area (Å²) < 4.78 is 1.01. The molecule has 0 aliphatic heterocycles.